The van der Waals surface area contributed by atoms with Crippen LogP contribution in [-0.2, 0) is 0 Å². The molecule has 0 aliphatic carbocycles. The first-order chi connectivity index (χ1) is 10.5. The van der Waals surface area contributed by atoms with Gasteiger partial charge in [-0.1, -0.05) is 49.7 Å². The van der Waals surface area contributed by atoms with Crippen LogP contribution in [0.5, 0.6) is 5.75 Å². The van der Waals surface area contributed by atoms with E-state index < -0.39 is 0 Å². The normalized spacial score (nSPS) is 10.3. The maximum atomic E-state index is 12.1. The highest BCUT2D eigenvalue weighted by molar-refractivity contribution is 6.32. The van der Waals surface area contributed by atoms with Gasteiger partial charge in [0.05, 0.1) is 16.7 Å². The van der Waals surface area contributed by atoms with Crippen molar-refractivity contribution in [2.45, 2.75) is 19.8 Å². The SMILES string of the molecule is CC(C)c1ccc(C(=O)COc2ccc(C#N)cc2Cl)cc1. The quantitative estimate of drug-likeness (QED) is 0.758. The Morgan fingerprint density at radius 3 is 2.45 bits per heavy atom. The van der Waals surface area contributed by atoms with Gasteiger partial charge < -0.3 is 4.74 Å². The molecule has 0 saturated carbocycles. The Morgan fingerprint density at radius 1 is 1.23 bits per heavy atom. The number of nitriles is 1. The van der Waals surface area contributed by atoms with E-state index >= 15 is 0 Å². The summed E-state index contributed by atoms with van der Waals surface area (Å²) >= 11 is 6.01. The van der Waals surface area contributed by atoms with Gasteiger partial charge in [0.15, 0.2) is 12.4 Å². The zero-order valence-electron chi connectivity index (χ0n) is 12.5. The molecule has 0 unspecified atom stereocenters. The van der Waals surface area contributed by atoms with Crippen LogP contribution >= 0.6 is 11.6 Å². The van der Waals surface area contributed by atoms with Gasteiger partial charge in [0, 0.05) is 5.56 Å². The second-order valence-corrected chi connectivity index (χ2v) is 5.65. The Hall–Kier alpha value is -2.31. The molecule has 0 fully saturated rings. The molecular formula is C18H16ClNO2. The second kappa shape index (κ2) is 7.11. The molecule has 22 heavy (non-hydrogen) atoms. The monoisotopic (exact) mass is 313 g/mol. The van der Waals surface area contributed by atoms with Crippen molar-refractivity contribution in [1.82, 2.24) is 0 Å². The number of carbonyl (C=O) groups is 1. The highest BCUT2D eigenvalue weighted by Crippen LogP contribution is 2.25. The van der Waals surface area contributed by atoms with Crippen molar-refractivity contribution in [2.24, 2.45) is 0 Å². The van der Waals surface area contributed by atoms with Gasteiger partial charge in [0.25, 0.3) is 0 Å². The van der Waals surface area contributed by atoms with Crippen LogP contribution in [0.25, 0.3) is 0 Å². The minimum Gasteiger partial charge on any atom is -0.484 e. The van der Waals surface area contributed by atoms with Crippen LogP contribution in [-0.4, -0.2) is 12.4 Å². The Labute approximate surface area is 135 Å². The lowest BCUT2D eigenvalue weighted by molar-refractivity contribution is 0.0921. The summed E-state index contributed by atoms with van der Waals surface area (Å²) in [6.07, 6.45) is 0. The van der Waals surface area contributed by atoms with E-state index in [9.17, 15) is 4.79 Å². The van der Waals surface area contributed by atoms with Crippen molar-refractivity contribution in [1.29, 1.82) is 5.26 Å². The van der Waals surface area contributed by atoms with Crippen molar-refractivity contribution in [3.63, 3.8) is 0 Å². The van der Waals surface area contributed by atoms with Gasteiger partial charge in [-0.3, -0.25) is 4.79 Å². The van der Waals surface area contributed by atoms with Crippen LogP contribution in [0, 0.1) is 11.3 Å². The summed E-state index contributed by atoms with van der Waals surface area (Å²) in [4.78, 5) is 12.1. The third-order valence-corrected chi connectivity index (χ3v) is 3.61. The van der Waals surface area contributed by atoms with Crippen molar-refractivity contribution in [3.05, 3.63) is 64.2 Å². The molecule has 0 N–H and O–H groups in total. The summed E-state index contributed by atoms with van der Waals surface area (Å²) in [5, 5.41) is 9.10. The molecule has 0 aliphatic rings. The maximum Gasteiger partial charge on any atom is 0.200 e. The van der Waals surface area contributed by atoms with E-state index in [1.165, 1.54) is 11.6 Å². The Bertz CT molecular complexity index is 715. The van der Waals surface area contributed by atoms with E-state index in [2.05, 4.69) is 13.8 Å². The molecule has 0 atom stereocenters. The largest absolute Gasteiger partial charge is 0.484 e. The van der Waals surface area contributed by atoms with Crippen molar-refractivity contribution in [2.75, 3.05) is 6.61 Å². The number of benzene rings is 2. The van der Waals surface area contributed by atoms with Crippen molar-refractivity contribution < 1.29 is 9.53 Å². The molecule has 0 heterocycles. The molecule has 2 aromatic carbocycles. The van der Waals surface area contributed by atoms with Crippen molar-refractivity contribution in [3.8, 4) is 11.8 Å². The first kappa shape index (κ1) is 16.1. The Kier molecular flexibility index (Phi) is 5.19. The molecular weight excluding hydrogens is 298 g/mol. The highest BCUT2D eigenvalue weighted by Gasteiger charge is 2.10. The predicted molar refractivity (Wildman–Crippen MR) is 86.5 cm³/mol. The van der Waals surface area contributed by atoms with Gasteiger partial charge >= 0.3 is 0 Å². The zero-order chi connectivity index (χ0) is 16.1. The fourth-order valence-corrected chi connectivity index (χ4v) is 2.20. The number of hydrogen-bond acceptors (Lipinski definition) is 3. The summed E-state index contributed by atoms with van der Waals surface area (Å²) in [6, 6.07) is 14.2. The molecule has 2 rings (SSSR count). The first-order valence-electron chi connectivity index (χ1n) is 6.97. The standard InChI is InChI=1S/C18H16ClNO2/c1-12(2)14-4-6-15(7-5-14)17(21)11-22-18-8-3-13(10-20)9-16(18)19/h3-9,12H,11H2,1-2H3. The first-order valence-corrected chi connectivity index (χ1v) is 7.34. The van der Waals surface area contributed by atoms with Gasteiger partial charge in [-0.15, -0.1) is 0 Å². The fourth-order valence-electron chi connectivity index (χ4n) is 1.97. The van der Waals surface area contributed by atoms with Gasteiger partial charge in [-0.2, -0.15) is 5.26 Å². The molecule has 0 amide bonds. The number of rotatable bonds is 5. The summed E-state index contributed by atoms with van der Waals surface area (Å²) in [5.74, 6) is 0.710. The van der Waals surface area contributed by atoms with E-state index in [-0.39, 0.29) is 12.4 Å². The highest BCUT2D eigenvalue weighted by atomic mass is 35.5. The van der Waals surface area contributed by atoms with Crippen LogP contribution in [0.4, 0.5) is 0 Å². The minimum atomic E-state index is -0.115. The number of halogens is 1. The number of ether oxygens (including phenoxy) is 1. The summed E-state index contributed by atoms with van der Waals surface area (Å²) < 4.78 is 5.44. The third-order valence-electron chi connectivity index (χ3n) is 3.32. The maximum absolute atomic E-state index is 12.1. The number of hydrogen-bond donors (Lipinski definition) is 0. The lowest BCUT2D eigenvalue weighted by atomic mass is 10.0. The molecule has 4 heteroatoms. The minimum absolute atomic E-state index is 0.0906. The zero-order valence-corrected chi connectivity index (χ0v) is 13.2. The molecule has 0 aromatic heterocycles. The molecule has 0 saturated heterocycles. The molecule has 0 radical (unpaired) electrons. The second-order valence-electron chi connectivity index (χ2n) is 5.25. The van der Waals surface area contributed by atoms with E-state index in [1.807, 2.05) is 18.2 Å². The molecule has 112 valence electrons. The Morgan fingerprint density at radius 2 is 1.91 bits per heavy atom. The summed E-state index contributed by atoms with van der Waals surface area (Å²) in [7, 11) is 0. The van der Waals surface area contributed by atoms with Gasteiger partial charge in [-0.05, 0) is 29.7 Å². The van der Waals surface area contributed by atoms with E-state index in [1.54, 1.807) is 24.3 Å². The molecule has 0 spiro atoms. The van der Waals surface area contributed by atoms with Crippen molar-refractivity contribution >= 4 is 17.4 Å². The number of nitrogens with zero attached hydrogens (tertiary/aromatic N) is 1. The fraction of sp³-hybridized carbons (Fsp3) is 0.222. The van der Waals surface area contributed by atoms with Crippen LogP contribution in [0.15, 0.2) is 42.5 Å². The number of ketones is 1. The van der Waals surface area contributed by atoms with Gasteiger partial charge in [-0.25, -0.2) is 0 Å². The number of Topliss-reactive ketones (excluding diaryl/α,β-unsaturated/α-hetero) is 1. The van der Waals surface area contributed by atoms with Crippen LogP contribution < -0.4 is 4.74 Å². The lowest BCUT2D eigenvalue weighted by Crippen LogP contribution is -2.11. The molecule has 0 bridgehead atoms. The molecule has 3 nitrogen and oxygen atoms in total. The smallest absolute Gasteiger partial charge is 0.200 e. The topological polar surface area (TPSA) is 50.1 Å². The predicted octanol–water partition coefficient (Wildman–Crippen LogP) is 4.60. The van der Waals surface area contributed by atoms with Crippen LogP contribution in [0.3, 0.4) is 0 Å². The molecule has 2 aromatic rings. The molecule has 0 aliphatic heterocycles. The third kappa shape index (κ3) is 3.87. The average Bonchev–Trinajstić information content (AvgIpc) is 2.53. The average molecular weight is 314 g/mol. The summed E-state index contributed by atoms with van der Waals surface area (Å²) in [5.41, 5.74) is 2.25. The van der Waals surface area contributed by atoms with Crippen LogP contribution in [0.1, 0.15) is 41.3 Å². The van der Waals surface area contributed by atoms with Gasteiger partial charge in [0.2, 0.25) is 0 Å². The van der Waals surface area contributed by atoms with E-state index in [0.717, 1.165) is 0 Å². The summed E-state index contributed by atoms with van der Waals surface area (Å²) in [6.45, 7) is 4.12. The van der Waals surface area contributed by atoms with E-state index in [0.29, 0.717) is 27.8 Å². The van der Waals surface area contributed by atoms with E-state index in [4.69, 9.17) is 21.6 Å². The van der Waals surface area contributed by atoms with Gasteiger partial charge in [0.1, 0.15) is 5.75 Å². The van der Waals surface area contributed by atoms with Crippen LogP contribution in [0.2, 0.25) is 5.02 Å². The number of carbonyl (C=O) groups excluding carboxylic acids is 1. The lowest BCUT2D eigenvalue weighted by Gasteiger charge is -2.09. The Balaban J connectivity index is 2.02.